The zero-order chi connectivity index (χ0) is 18.8. The maximum atomic E-state index is 12.5. The van der Waals surface area contributed by atoms with Crippen molar-refractivity contribution in [2.75, 3.05) is 16.8 Å². The fraction of sp³-hybridized carbons (Fsp3) is 0.235. The number of amides is 1. The molecule has 0 aromatic heterocycles. The van der Waals surface area contributed by atoms with Gasteiger partial charge >= 0.3 is 0 Å². The number of para-hydroxylation sites is 1. The van der Waals surface area contributed by atoms with Gasteiger partial charge in [0.15, 0.2) is 9.84 Å². The van der Waals surface area contributed by atoms with Gasteiger partial charge in [-0.2, -0.15) is 0 Å². The van der Waals surface area contributed by atoms with Crippen molar-refractivity contribution in [2.24, 2.45) is 0 Å². The van der Waals surface area contributed by atoms with Crippen molar-refractivity contribution in [1.29, 1.82) is 0 Å². The van der Waals surface area contributed by atoms with E-state index in [1.165, 1.54) is 24.3 Å². The minimum absolute atomic E-state index is 0.0281. The molecule has 1 saturated heterocycles. The number of hydrogen-bond donors (Lipinski definition) is 2. The number of hydrogen-bond acceptors (Lipinski definition) is 5. The van der Waals surface area contributed by atoms with Gasteiger partial charge in [0.1, 0.15) is 0 Å². The number of carbonyl (C=O) groups is 1. The summed E-state index contributed by atoms with van der Waals surface area (Å²) >= 11 is 0. The molecule has 1 unspecified atom stereocenters. The number of rotatable bonds is 5. The topological polar surface area (TPSA) is 109 Å². The molecule has 0 bridgehead atoms. The van der Waals surface area contributed by atoms with E-state index in [1.54, 1.807) is 24.3 Å². The third kappa shape index (κ3) is 4.48. The summed E-state index contributed by atoms with van der Waals surface area (Å²) in [5.74, 6) is -0.670. The molecule has 1 fully saturated rings. The van der Waals surface area contributed by atoms with E-state index >= 15 is 0 Å². The largest absolute Gasteiger partial charge is 0.322 e. The summed E-state index contributed by atoms with van der Waals surface area (Å²) in [6.45, 7) is 0. The molecule has 7 nitrogen and oxygen atoms in total. The summed E-state index contributed by atoms with van der Waals surface area (Å²) in [6.07, 6.45) is 0.246. The van der Waals surface area contributed by atoms with E-state index in [0.717, 1.165) is 0 Å². The van der Waals surface area contributed by atoms with Crippen LogP contribution in [0.15, 0.2) is 59.5 Å². The van der Waals surface area contributed by atoms with E-state index in [1.807, 2.05) is 6.07 Å². The van der Waals surface area contributed by atoms with Gasteiger partial charge in [-0.25, -0.2) is 21.6 Å². The molecule has 9 heteroatoms. The first-order chi connectivity index (χ1) is 12.3. The fourth-order valence-electron chi connectivity index (χ4n) is 2.70. The fourth-order valence-corrected chi connectivity index (χ4v) is 5.80. The average Bonchev–Trinajstić information content (AvgIpc) is 2.93. The van der Waals surface area contributed by atoms with Crippen LogP contribution in [0.4, 0.5) is 5.69 Å². The number of sulfonamides is 1. The van der Waals surface area contributed by atoms with Gasteiger partial charge in [-0.15, -0.1) is 0 Å². The van der Waals surface area contributed by atoms with Crippen molar-refractivity contribution in [3.63, 3.8) is 0 Å². The van der Waals surface area contributed by atoms with Crippen molar-refractivity contribution in [1.82, 2.24) is 4.72 Å². The first-order valence-electron chi connectivity index (χ1n) is 7.94. The van der Waals surface area contributed by atoms with Crippen molar-refractivity contribution >= 4 is 31.5 Å². The number of nitrogens with one attached hydrogen (secondary N) is 2. The van der Waals surface area contributed by atoms with Gasteiger partial charge < -0.3 is 5.32 Å². The molecular weight excluding hydrogens is 376 g/mol. The lowest BCUT2D eigenvalue weighted by Crippen LogP contribution is -2.35. The lowest BCUT2D eigenvalue weighted by Gasteiger charge is -2.12. The Bertz CT molecular complexity index is 1020. The maximum Gasteiger partial charge on any atom is 0.255 e. The van der Waals surface area contributed by atoms with Crippen molar-refractivity contribution < 1.29 is 21.6 Å². The lowest BCUT2D eigenvalue weighted by atomic mass is 10.2. The first-order valence-corrected chi connectivity index (χ1v) is 11.2. The molecule has 0 aliphatic carbocycles. The second kappa shape index (κ2) is 7.18. The number of sulfone groups is 1. The summed E-state index contributed by atoms with van der Waals surface area (Å²) < 4.78 is 50.4. The van der Waals surface area contributed by atoms with Gasteiger partial charge in [0.2, 0.25) is 10.0 Å². The van der Waals surface area contributed by atoms with Crippen LogP contribution in [0.2, 0.25) is 0 Å². The summed E-state index contributed by atoms with van der Waals surface area (Å²) in [5, 5.41) is 2.69. The highest BCUT2D eigenvalue weighted by Gasteiger charge is 2.31. The lowest BCUT2D eigenvalue weighted by molar-refractivity contribution is 0.102. The summed E-state index contributed by atoms with van der Waals surface area (Å²) in [6, 6.07) is 13.8. The third-order valence-electron chi connectivity index (χ3n) is 3.99. The molecular formula is C17H18N2O5S2. The van der Waals surface area contributed by atoms with Crippen molar-refractivity contribution in [3.05, 3.63) is 60.2 Å². The highest BCUT2D eigenvalue weighted by molar-refractivity contribution is 7.92. The Kier molecular flexibility index (Phi) is 5.12. The molecule has 1 aliphatic rings. The van der Waals surface area contributed by atoms with E-state index < -0.39 is 31.8 Å². The second-order valence-corrected chi connectivity index (χ2v) is 10.0. The van der Waals surface area contributed by atoms with Crippen LogP contribution in [0.3, 0.4) is 0 Å². The molecule has 3 rings (SSSR count). The SMILES string of the molecule is O=C(Nc1ccccc1)c1cccc(S(=O)(=O)NC2CCS(=O)(=O)C2)c1. The number of benzene rings is 2. The van der Waals surface area contributed by atoms with Crippen molar-refractivity contribution in [3.8, 4) is 0 Å². The molecule has 1 aliphatic heterocycles. The molecule has 2 N–H and O–H groups in total. The predicted molar refractivity (Wildman–Crippen MR) is 98.2 cm³/mol. The van der Waals surface area contributed by atoms with E-state index in [9.17, 15) is 21.6 Å². The number of carbonyl (C=O) groups excluding carboxylic acids is 1. The van der Waals surface area contributed by atoms with Crippen LogP contribution < -0.4 is 10.0 Å². The molecule has 0 saturated carbocycles. The molecule has 2 aromatic carbocycles. The monoisotopic (exact) mass is 394 g/mol. The average molecular weight is 394 g/mol. The van der Waals surface area contributed by atoms with Gasteiger partial charge in [-0.3, -0.25) is 4.79 Å². The first kappa shape index (κ1) is 18.6. The summed E-state index contributed by atoms with van der Waals surface area (Å²) in [7, 11) is -7.11. The van der Waals surface area contributed by atoms with E-state index in [2.05, 4.69) is 10.0 Å². The minimum Gasteiger partial charge on any atom is -0.322 e. The molecule has 1 heterocycles. The van der Waals surface area contributed by atoms with Crippen LogP contribution >= 0.6 is 0 Å². The molecule has 0 spiro atoms. The van der Waals surface area contributed by atoms with Crippen LogP contribution in [0.25, 0.3) is 0 Å². The summed E-state index contributed by atoms with van der Waals surface area (Å²) in [5.41, 5.74) is 0.788. The number of anilines is 1. The Hall–Kier alpha value is -2.23. The van der Waals surface area contributed by atoms with Gasteiger partial charge in [0.25, 0.3) is 5.91 Å². The molecule has 0 radical (unpaired) electrons. The maximum absolute atomic E-state index is 12.5. The van der Waals surface area contributed by atoms with Gasteiger partial charge in [0, 0.05) is 17.3 Å². The van der Waals surface area contributed by atoms with Crippen LogP contribution in [-0.4, -0.2) is 40.3 Å². The molecule has 2 aromatic rings. The van der Waals surface area contributed by atoms with Crippen LogP contribution in [0.1, 0.15) is 16.8 Å². The highest BCUT2D eigenvalue weighted by Crippen LogP contribution is 2.17. The molecule has 26 heavy (non-hydrogen) atoms. The molecule has 138 valence electrons. The second-order valence-electron chi connectivity index (χ2n) is 6.07. The van der Waals surface area contributed by atoms with Gasteiger partial charge in [-0.05, 0) is 36.8 Å². The Morgan fingerprint density at radius 3 is 2.42 bits per heavy atom. The van der Waals surface area contributed by atoms with Crippen LogP contribution in [-0.2, 0) is 19.9 Å². The zero-order valence-corrected chi connectivity index (χ0v) is 15.4. The smallest absolute Gasteiger partial charge is 0.255 e. The summed E-state index contributed by atoms with van der Waals surface area (Å²) in [4.78, 5) is 12.2. The highest BCUT2D eigenvalue weighted by atomic mass is 32.2. The minimum atomic E-state index is -3.92. The third-order valence-corrected chi connectivity index (χ3v) is 7.28. The predicted octanol–water partition coefficient (Wildman–Crippen LogP) is 1.40. The van der Waals surface area contributed by atoms with E-state index in [4.69, 9.17) is 0 Å². The molecule has 1 atom stereocenters. The normalized spacial score (nSPS) is 19.2. The van der Waals surface area contributed by atoms with Crippen LogP contribution in [0.5, 0.6) is 0 Å². The van der Waals surface area contributed by atoms with Crippen molar-refractivity contribution in [2.45, 2.75) is 17.4 Å². The Morgan fingerprint density at radius 2 is 1.77 bits per heavy atom. The van der Waals surface area contributed by atoms with E-state index in [0.29, 0.717) is 5.69 Å². The molecule has 1 amide bonds. The Labute approximate surface area is 152 Å². The standard InChI is InChI=1S/C17H18N2O5S2/c20-17(18-14-6-2-1-3-7-14)13-5-4-8-16(11-13)26(23,24)19-15-9-10-25(21,22)12-15/h1-8,11,15,19H,9-10,12H2,(H,18,20). The van der Waals surface area contributed by atoms with Gasteiger partial charge in [-0.1, -0.05) is 24.3 Å². The van der Waals surface area contributed by atoms with E-state index in [-0.39, 0.29) is 28.4 Å². The van der Waals surface area contributed by atoms with Gasteiger partial charge in [0.05, 0.1) is 16.4 Å². The Balaban J connectivity index is 1.77. The Morgan fingerprint density at radius 1 is 1.04 bits per heavy atom. The quantitative estimate of drug-likeness (QED) is 0.797. The zero-order valence-electron chi connectivity index (χ0n) is 13.8. The van der Waals surface area contributed by atoms with Crippen LogP contribution in [0, 0.1) is 0 Å².